The van der Waals surface area contributed by atoms with Crippen LogP contribution in [-0.4, -0.2) is 54.7 Å². The fourth-order valence-electron chi connectivity index (χ4n) is 3.60. The number of amides is 1. The molecule has 0 atom stereocenters. The number of fused-ring (bicyclic) bond motifs is 1. The SMILES string of the molecule is Cc1[nH]c2ccccc2c1C(=O)N1CCN(S(=O)(=O)c2ccc(Br)cc2)CC1. The number of rotatable bonds is 3. The number of halogens is 1. The van der Waals surface area contributed by atoms with Crippen LogP contribution in [0.5, 0.6) is 0 Å². The van der Waals surface area contributed by atoms with Crippen molar-refractivity contribution in [1.29, 1.82) is 0 Å². The molecule has 8 heteroatoms. The Morgan fingerprint density at radius 1 is 1.00 bits per heavy atom. The lowest BCUT2D eigenvalue weighted by Crippen LogP contribution is -2.50. The number of H-pyrrole nitrogens is 1. The van der Waals surface area contributed by atoms with Gasteiger partial charge in [-0.15, -0.1) is 0 Å². The number of carbonyl (C=O) groups is 1. The molecule has 0 unspecified atom stereocenters. The maximum absolute atomic E-state index is 13.1. The molecule has 1 N–H and O–H groups in total. The molecule has 2 heterocycles. The second kappa shape index (κ2) is 7.35. The monoisotopic (exact) mass is 461 g/mol. The molecule has 4 rings (SSSR count). The van der Waals surface area contributed by atoms with Crippen molar-refractivity contribution in [3.63, 3.8) is 0 Å². The van der Waals surface area contributed by atoms with E-state index in [9.17, 15) is 13.2 Å². The molecule has 1 saturated heterocycles. The normalized spacial score (nSPS) is 15.9. The lowest BCUT2D eigenvalue weighted by Gasteiger charge is -2.34. The molecule has 0 bridgehead atoms. The van der Waals surface area contributed by atoms with E-state index in [1.165, 1.54) is 4.31 Å². The van der Waals surface area contributed by atoms with Crippen LogP contribution in [0.15, 0.2) is 57.9 Å². The molecule has 0 saturated carbocycles. The van der Waals surface area contributed by atoms with Crippen molar-refractivity contribution in [2.45, 2.75) is 11.8 Å². The molecule has 0 radical (unpaired) electrons. The molecular weight excluding hydrogens is 442 g/mol. The van der Waals surface area contributed by atoms with Crippen molar-refractivity contribution in [1.82, 2.24) is 14.2 Å². The van der Waals surface area contributed by atoms with Crippen LogP contribution in [0, 0.1) is 6.92 Å². The Bertz CT molecular complexity index is 1130. The minimum atomic E-state index is -3.56. The zero-order chi connectivity index (χ0) is 19.9. The highest BCUT2D eigenvalue weighted by Crippen LogP contribution is 2.25. The summed E-state index contributed by atoms with van der Waals surface area (Å²) in [4.78, 5) is 18.3. The lowest BCUT2D eigenvalue weighted by atomic mass is 10.1. The van der Waals surface area contributed by atoms with Crippen molar-refractivity contribution in [2.24, 2.45) is 0 Å². The van der Waals surface area contributed by atoms with E-state index in [2.05, 4.69) is 20.9 Å². The first kappa shape index (κ1) is 19.2. The first-order valence-corrected chi connectivity index (χ1v) is 11.2. The van der Waals surface area contributed by atoms with Gasteiger partial charge in [-0.05, 0) is 37.3 Å². The number of nitrogens with one attached hydrogen (secondary N) is 1. The number of sulfonamides is 1. The van der Waals surface area contributed by atoms with Gasteiger partial charge < -0.3 is 9.88 Å². The molecule has 1 aromatic heterocycles. The number of hydrogen-bond donors (Lipinski definition) is 1. The summed E-state index contributed by atoms with van der Waals surface area (Å²) in [5.74, 6) is -0.0596. The van der Waals surface area contributed by atoms with Gasteiger partial charge in [-0.2, -0.15) is 4.31 Å². The van der Waals surface area contributed by atoms with Crippen molar-refractivity contribution in [3.8, 4) is 0 Å². The number of nitrogens with zero attached hydrogens (tertiary/aromatic N) is 2. The van der Waals surface area contributed by atoms with Gasteiger partial charge in [-0.25, -0.2) is 8.42 Å². The van der Waals surface area contributed by atoms with E-state index >= 15 is 0 Å². The molecule has 1 fully saturated rings. The zero-order valence-electron chi connectivity index (χ0n) is 15.4. The third kappa shape index (κ3) is 3.36. The number of aryl methyl sites for hydroxylation is 1. The van der Waals surface area contributed by atoms with E-state index in [4.69, 9.17) is 0 Å². The number of hydrogen-bond acceptors (Lipinski definition) is 3. The summed E-state index contributed by atoms with van der Waals surface area (Å²) in [6, 6.07) is 14.3. The van der Waals surface area contributed by atoms with Gasteiger partial charge >= 0.3 is 0 Å². The Morgan fingerprint density at radius 2 is 1.64 bits per heavy atom. The number of carbonyl (C=O) groups excluding carboxylic acids is 1. The summed E-state index contributed by atoms with van der Waals surface area (Å²) in [5.41, 5.74) is 2.43. The molecule has 2 aromatic carbocycles. The zero-order valence-corrected chi connectivity index (χ0v) is 17.8. The first-order chi connectivity index (χ1) is 13.4. The highest BCUT2D eigenvalue weighted by Gasteiger charge is 2.31. The molecule has 0 aliphatic carbocycles. The number of benzene rings is 2. The minimum Gasteiger partial charge on any atom is -0.358 e. The van der Waals surface area contributed by atoms with Crippen LogP contribution >= 0.6 is 15.9 Å². The van der Waals surface area contributed by atoms with Crippen LogP contribution in [0.3, 0.4) is 0 Å². The van der Waals surface area contributed by atoms with Gasteiger partial charge in [0.15, 0.2) is 0 Å². The van der Waals surface area contributed by atoms with Crippen LogP contribution in [0.25, 0.3) is 10.9 Å². The Morgan fingerprint density at radius 3 is 2.32 bits per heavy atom. The number of para-hydroxylation sites is 1. The molecule has 1 aliphatic rings. The molecule has 0 spiro atoms. The first-order valence-electron chi connectivity index (χ1n) is 9.00. The van der Waals surface area contributed by atoms with E-state index in [0.717, 1.165) is 21.1 Å². The van der Waals surface area contributed by atoms with E-state index < -0.39 is 10.0 Å². The molecule has 1 amide bonds. The van der Waals surface area contributed by atoms with Crippen LogP contribution < -0.4 is 0 Å². The predicted molar refractivity (Wildman–Crippen MR) is 112 cm³/mol. The van der Waals surface area contributed by atoms with E-state index in [-0.39, 0.29) is 23.9 Å². The van der Waals surface area contributed by atoms with Crippen molar-refractivity contribution < 1.29 is 13.2 Å². The van der Waals surface area contributed by atoms with Gasteiger partial charge in [-0.3, -0.25) is 4.79 Å². The van der Waals surface area contributed by atoms with Gasteiger partial charge in [0.1, 0.15) is 0 Å². The molecule has 1 aliphatic heterocycles. The molecule has 6 nitrogen and oxygen atoms in total. The average molecular weight is 462 g/mol. The van der Waals surface area contributed by atoms with Crippen molar-refractivity contribution in [2.75, 3.05) is 26.2 Å². The summed E-state index contributed by atoms with van der Waals surface area (Å²) in [6.07, 6.45) is 0. The van der Waals surface area contributed by atoms with Crippen LogP contribution in [-0.2, 0) is 10.0 Å². The lowest BCUT2D eigenvalue weighted by molar-refractivity contribution is 0.0699. The summed E-state index contributed by atoms with van der Waals surface area (Å²) < 4.78 is 27.9. The summed E-state index contributed by atoms with van der Waals surface area (Å²) in [7, 11) is -3.56. The average Bonchev–Trinajstić information content (AvgIpc) is 3.03. The van der Waals surface area contributed by atoms with E-state index in [1.807, 2.05) is 31.2 Å². The molecule has 28 heavy (non-hydrogen) atoms. The molecule has 146 valence electrons. The number of piperazine rings is 1. The standard InChI is InChI=1S/C20H20BrN3O3S/c1-14-19(17-4-2-3-5-18(17)22-14)20(25)23-10-12-24(13-11-23)28(26,27)16-8-6-15(21)7-9-16/h2-9,22H,10-13H2,1H3. The van der Waals surface area contributed by atoms with Crippen LogP contribution in [0.1, 0.15) is 16.1 Å². The van der Waals surface area contributed by atoms with Gasteiger partial charge in [0.05, 0.1) is 10.5 Å². The topological polar surface area (TPSA) is 73.5 Å². The van der Waals surface area contributed by atoms with Crippen LogP contribution in [0.4, 0.5) is 0 Å². The Balaban J connectivity index is 1.51. The number of aromatic nitrogens is 1. The fourth-order valence-corrected chi connectivity index (χ4v) is 5.28. The largest absolute Gasteiger partial charge is 0.358 e. The summed E-state index contributed by atoms with van der Waals surface area (Å²) in [5, 5.41) is 0.898. The summed E-state index contributed by atoms with van der Waals surface area (Å²) in [6.45, 7) is 3.19. The number of aromatic amines is 1. The Labute approximate surface area is 172 Å². The van der Waals surface area contributed by atoms with E-state index in [1.54, 1.807) is 29.2 Å². The Kier molecular flexibility index (Phi) is 5.03. The van der Waals surface area contributed by atoms with Gasteiger partial charge in [-0.1, -0.05) is 34.1 Å². The van der Waals surface area contributed by atoms with E-state index in [0.29, 0.717) is 18.7 Å². The smallest absolute Gasteiger partial charge is 0.256 e. The van der Waals surface area contributed by atoms with Crippen molar-refractivity contribution in [3.05, 3.63) is 64.3 Å². The van der Waals surface area contributed by atoms with Gasteiger partial charge in [0, 0.05) is 47.2 Å². The summed E-state index contributed by atoms with van der Waals surface area (Å²) >= 11 is 3.32. The maximum Gasteiger partial charge on any atom is 0.256 e. The minimum absolute atomic E-state index is 0.0596. The molecule has 3 aromatic rings. The van der Waals surface area contributed by atoms with Gasteiger partial charge in [0.2, 0.25) is 10.0 Å². The highest BCUT2D eigenvalue weighted by atomic mass is 79.9. The maximum atomic E-state index is 13.1. The molecular formula is C20H20BrN3O3S. The third-order valence-electron chi connectivity index (χ3n) is 5.08. The second-order valence-corrected chi connectivity index (χ2v) is 9.67. The predicted octanol–water partition coefficient (Wildman–Crippen LogP) is 3.39. The third-order valence-corrected chi connectivity index (χ3v) is 7.53. The Hall–Kier alpha value is -2.16. The highest BCUT2D eigenvalue weighted by molar-refractivity contribution is 9.10. The van der Waals surface area contributed by atoms with Crippen LogP contribution in [0.2, 0.25) is 0 Å². The second-order valence-electron chi connectivity index (χ2n) is 6.82. The van der Waals surface area contributed by atoms with Gasteiger partial charge in [0.25, 0.3) is 5.91 Å². The van der Waals surface area contributed by atoms with Crippen molar-refractivity contribution >= 4 is 42.8 Å². The fraction of sp³-hybridized carbons (Fsp3) is 0.250. The quantitative estimate of drug-likeness (QED) is 0.649.